The first kappa shape index (κ1) is 12.0. The third kappa shape index (κ3) is 6.20. The first-order valence-corrected chi connectivity index (χ1v) is 4.56. The zero-order valence-corrected chi connectivity index (χ0v) is 8.89. The van der Waals surface area contributed by atoms with Crippen LogP contribution in [0, 0.1) is 11.8 Å². The molecular weight excluding hydrogens is 166 g/mol. The Hall–Kier alpha value is -0.990. The summed E-state index contributed by atoms with van der Waals surface area (Å²) >= 11 is 0. The van der Waals surface area contributed by atoms with Gasteiger partial charge in [0.1, 0.15) is 0 Å². The van der Waals surface area contributed by atoms with Gasteiger partial charge in [-0.25, -0.2) is 0 Å². The molecule has 0 rings (SSSR count). The van der Waals surface area contributed by atoms with Crippen molar-refractivity contribution in [2.45, 2.75) is 27.7 Å². The predicted molar refractivity (Wildman–Crippen MR) is 52.9 cm³/mol. The van der Waals surface area contributed by atoms with E-state index in [2.05, 4.69) is 11.9 Å². The normalized spacial score (nSPS) is 10.3. The maximum atomic E-state index is 11.1. The molecule has 0 aromatic rings. The maximum absolute atomic E-state index is 11.1. The third-order valence-electron chi connectivity index (χ3n) is 1.38. The Morgan fingerprint density at radius 3 is 2.31 bits per heavy atom. The van der Waals surface area contributed by atoms with E-state index >= 15 is 0 Å². The van der Waals surface area contributed by atoms with Crippen LogP contribution in [0.3, 0.4) is 0 Å². The van der Waals surface area contributed by atoms with Crippen molar-refractivity contribution in [3.63, 3.8) is 0 Å². The lowest BCUT2D eigenvalue weighted by Gasteiger charge is -2.13. The lowest BCUT2D eigenvalue weighted by molar-refractivity contribution is -0.124. The van der Waals surface area contributed by atoms with Crippen LogP contribution in [0.2, 0.25) is 0 Å². The van der Waals surface area contributed by atoms with Crippen LogP contribution in [0.4, 0.5) is 0 Å². The van der Waals surface area contributed by atoms with E-state index in [1.807, 2.05) is 27.7 Å². The van der Waals surface area contributed by atoms with Crippen LogP contribution in [0.25, 0.3) is 0 Å². The molecule has 1 N–H and O–H groups in total. The number of carbonyl (C=O) groups is 1. The van der Waals surface area contributed by atoms with E-state index in [0.717, 1.165) is 0 Å². The molecule has 0 bridgehead atoms. The highest BCUT2D eigenvalue weighted by Crippen LogP contribution is 1.99. The fourth-order valence-corrected chi connectivity index (χ4v) is 0.585. The molecule has 3 heteroatoms. The van der Waals surface area contributed by atoms with Crippen LogP contribution in [0.1, 0.15) is 27.7 Å². The molecule has 0 aliphatic carbocycles. The van der Waals surface area contributed by atoms with Gasteiger partial charge in [0.2, 0.25) is 5.91 Å². The smallest absolute Gasteiger partial charge is 0.229 e. The van der Waals surface area contributed by atoms with Crippen LogP contribution < -0.4 is 5.32 Å². The van der Waals surface area contributed by atoms with Crippen molar-refractivity contribution in [2.75, 3.05) is 6.61 Å². The molecule has 0 atom stereocenters. The van der Waals surface area contributed by atoms with Crippen molar-refractivity contribution in [3.8, 4) is 0 Å². The molecule has 1 amide bonds. The lowest BCUT2D eigenvalue weighted by Crippen LogP contribution is -2.28. The molecule has 0 aliphatic rings. The minimum Gasteiger partial charge on any atom is -0.479 e. The fraction of sp³-hybridized carbons (Fsp3) is 0.700. The number of carbonyl (C=O) groups excluding carboxylic acids is 1. The second kappa shape index (κ2) is 5.62. The molecule has 3 nitrogen and oxygen atoms in total. The Kier molecular flexibility index (Phi) is 5.19. The molecule has 0 saturated carbocycles. The zero-order valence-electron chi connectivity index (χ0n) is 8.89. The SMILES string of the molecule is C=C(NC(=O)C(C)C)OCC(C)C. The average molecular weight is 185 g/mol. The molecule has 0 heterocycles. The van der Waals surface area contributed by atoms with Crippen molar-refractivity contribution >= 4 is 5.91 Å². The molecule has 0 radical (unpaired) electrons. The summed E-state index contributed by atoms with van der Waals surface area (Å²) in [4.78, 5) is 11.1. The van der Waals surface area contributed by atoms with E-state index in [1.54, 1.807) is 0 Å². The Morgan fingerprint density at radius 2 is 1.92 bits per heavy atom. The average Bonchev–Trinajstić information content (AvgIpc) is 2.00. The minimum atomic E-state index is -0.0613. The van der Waals surface area contributed by atoms with E-state index in [4.69, 9.17) is 4.74 Å². The molecule has 0 aromatic heterocycles. The minimum absolute atomic E-state index is 0.0422. The van der Waals surface area contributed by atoms with Crippen molar-refractivity contribution in [1.29, 1.82) is 0 Å². The van der Waals surface area contributed by atoms with Crippen LogP contribution in [-0.2, 0) is 9.53 Å². The molecule has 13 heavy (non-hydrogen) atoms. The van der Waals surface area contributed by atoms with Crippen LogP contribution >= 0.6 is 0 Å². The van der Waals surface area contributed by atoms with Gasteiger partial charge in [-0.05, 0) is 12.5 Å². The second-order valence-corrected chi connectivity index (χ2v) is 3.77. The van der Waals surface area contributed by atoms with Gasteiger partial charge in [0.25, 0.3) is 0 Å². The number of rotatable bonds is 5. The van der Waals surface area contributed by atoms with Gasteiger partial charge in [-0.3, -0.25) is 10.1 Å². The summed E-state index contributed by atoms with van der Waals surface area (Å²) in [5.74, 6) is 0.674. The van der Waals surface area contributed by atoms with Gasteiger partial charge in [0, 0.05) is 5.92 Å². The van der Waals surface area contributed by atoms with E-state index in [-0.39, 0.29) is 11.8 Å². The molecule has 0 saturated heterocycles. The number of amides is 1. The van der Waals surface area contributed by atoms with Gasteiger partial charge in [-0.1, -0.05) is 27.7 Å². The van der Waals surface area contributed by atoms with E-state index in [1.165, 1.54) is 0 Å². The first-order chi connectivity index (χ1) is 5.93. The summed E-state index contributed by atoms with van der Waals surface area (Å²) in [6.07, 6.45) is 0. The molecule has 0 unspecified atom stereocenters. The molecule has 76 valence electrons. The highest BCUT2D eigenvalue weighted by Gasteiger charge is 2.08. The summed E-state index contributed by atoms with van der Waals surface area (Å²) in [6, 6.07) is 0. The maximum Gasteiger partial charge on any atom is 0.229 e. The lowest BCUT2D eigenvalue weighted by atomic mass is 10.2. The van der Waals surface area contributed by atoms with Gasteiger partial charge < -0.3 is 4.74 Å². The Balaban J connectivity index is 3.69. The van der Waals surface area contributed by atoms with E-state index in [0.29, 0.717) is 18.4 Å². The highest BCUT2D eigenvalue weighted by atomic mass is 16.5. The fourth-order valence-electron chi connectivity index (χ4n) is 0.585. The number of hydrogen-bond acceptors (Lipinski definition) is 2. The van der Waals surface area contributed by atoms with Crippen molar-refractivity contribution in [3.05, 3.63) is 12.5 Å². The second-order valence-electron chi connectivity index (χ2n) is 3.77. The number of nitrogens with one attached hydrogen (secondary N) is 1. The molecule has 0 spiro atoms. The van der Waals surface area contributed by atoms with Crippen molar-refractivity contribution in [2.24, 2.45) is 11.8 Å². The molecule has 0 aliphatic heterocycles. The first-order valence-electron chi connectivity index (χ1n) is 4.56. The predicted octanol–water partition coefficient (Wildman–Crippen LogP) is 1.90. The van der Waals surface area contributed by atoms with Gasteiger partial charge >= 0.3 is 0 Å². The van der Waals surface area contributed by atoms with E-state index < -0.39 is 0 Å². The molecule has 0 fully saturated rings. The summed E-state index contributed by atoms with van der Waals surface area (Å²) in [5, 5.41) is 2.58. The van der Waals surface area contributed by atoms with Crippen LogP contribution in [-0.4, -0.2) is 12.5 Å². The van der Waals surface area contributed by atoms with Gasteiger partial charge in [0.15, 0.2) is 5.88 Å². The summed E-state index contributed by atoms with van der Waals surface area (Å²) in [7, 11) is 0. The summed E-state index contributed by atoms with van der Waals surface area (Å²) in [5.41, 5.74) is 0. The zero-order chi connectivity index (χ0) is 10.4. The summed E-state index contributed by atoms with van der Waals surface area (Å²) < 4.78 is 5.20. The van der Waals surface area contributed by atoms with E-state index in [9.17, 15) is 4.79 Å². The van der Waals surface area contributed by atoms with Crippen LogP contribution in [0.15, 0.2) is 12.5 Å². The number of hydrogen-bond donors (Lipinski definition) is 1. The Morgan fingerprint density at radius 1 is 1.38 bits per heavy atom. The molecular formula is C10H19NO2. The van der Waals surface area contributed by atoms with Crippen molar-refractivity contribution in [1.82, 2.24) is 5.32 Å². The number of ether oxygens (including phenoxy) is 1. The van der Waals surface area contributed by atoms with Crippen LogP contribution in [0.5, 0.6) is 0 Å². The summed E-state index contributed by atoms with van der Waals surface area (Å²) in [6.45, 7) is 11.9. The third-order valence-corrected chi connectivity index (χ3v) is 1.38. The highest BCUT2D eigenvalue weighted by molar-refractivity contribution is 5.79. The topological polar surface area (TPSA) is 38.3 Å². The monoisotopic (exact) mass is 185 g/mol. The largest absolute Gasteiger partial charge is 0.479 e. The quantitative estimate of drug-likeness (QED) is 0.664. The molecule has 0 aromatic carbocycles. The van der Waals surface area contributed by atoms with Gasteiger partial charge in [-0.2, -0.15) is 0 Å². The van der Waals surface area contributed by atoms with Crippen molar-refractivity contribution < 1.29 is 9.53 Å². The van der Waals surface area contributed by atoms with Gasteiger partial charge in [0.05, 0.1) is 6.61 Å². The van der Waals surface area contributed by atoms with Gasteiger partial charge in [-0.15, -0.1) is 0 Å². The Bertz CT molecular complexity index is 185. The standard InChI is InChI=1S/C10H19NO2/c1-7(2)6-13-9(5)11-10(12)8(3)4/h7-8H,5-6H2,1-4H3,(H,11,12). The Labute approximate surface area is 80.2 Å².